The maximum atomic E-state index is 4.64. The predicted octanol–water partition coefficient (Wildman–Crippen LogP) is 7.90. The molecule has 0 bridgehead atoms. The molecular weight excluding hydrogens is 496 g/mol. The second-order valence-corrected chi connectivity index (χ2v) is 9.68. The van der Waals surface area contributed by atoms with Gasteiger partial charge in [-0.15, -0.1) is 0 Å². The topological polar surface area (TPSA) is 31.2 Å². The first-order valence-electron chi connectivity index (χ1n) is 11.5. The van der Waals surface area contributed by atoms with Crippen LogP contribution < -0.4 is 9.80 Å². The van der Waals surface area contributed by atoms with Gasteiger partial charge >= 0.3 is 0 Å². The molecular formula is C30H29BrN4. The number of hydrogen-bond donors (Lipinski definition) is 0. The van der Waals surface area contributed by atoms with Gasteiger partial charge in [0, 0.05) is 50.0 Å². The van der Waals surface area contributed by atoms with Gasteiger partial charge in [0.2, 0.25) is 0 Å². The Morgan fingerprint density at radius 3 is 1.66 bits per heavy atom. The summed E-state index contributed by atoms with van der Waals surface area (Å²) in [5, 5.41) is 0. The standard InChI is InChI=1S/C30H29BrN4/c1-34(2)26-17-9-22(10-18-26)30(23-11-19-27(20-12-23)35(3)4)28-7-5-6-8-29(28)33-21-32-25-15-13-24(31)14-16-25/h5-20,30H,1-4H3. The van der Waals surface area contributed by atoms with Crippen molar-refractivity contribution >= 4 is 44.7 Å². The molecule has 0 N–H and O–H groups in total. The molecule has 0 aliphatic carbocycles. The first-order valence-corrected chi connectivity index (χ1v) is 12.3. The van der Waals surface area contributed by atoms with Crippen LogP contribution in [0.1, 0.15) is 22.6 Å². The van der Waals surface area contributed by atoms with Crippen molar-refractivity contribution in [1.82, 2.24) is 0 Å². The number of benzene rings is 4. The highest BCUT2D eigenvalue weighted by Crippen LogP contribution is 2.38. The number of anilines is 2. The van der Waals surface area contributed by atoms with Crippen LogP contribution in [0.3, 0.4) is 0 Å². The van der Waals surface area contributed by atoms with Crippen molar-refractivity contribution < 1.29 is 0 Å². The number of halogens is 1. The van der Waals surface area contributed by atoms with Gasteiger partial charge < -0.3 is 9.80 Å². The Balaban J connectivity index is 1.78. The Hall–Kier alpha value is -3.66. The summed E-state index contributed by atoms with van der Waals surface area (Å²) >= 11 is 3.45. The lowest BCUT2D eigenvalue weighted by atomic mass is 9.84. The SMILES string of the molecule is CN(C)c1ccc(C(c2ccc(N(C)C)cc2)c2ccccc2N=C=Nc2ccc(Br)cc2)cc1. The van der Waals surface area contributed by atoms with E-state index in [1.54, 1.807) is 0 Å². The Bertz CT molecular complexity index is 1270. The van der Waals surface area contributed by atoms with Crippen molar-refractivity contribution in [2.45, 2.75) is 5.92 Å². The Morgan fingerprint density at radius 1 is 0.629 bits per heavy atom. The van der Waals surface area contributed by atoms with Crippen LogP contribution >= 0.6 is 15.9 Å². The Morgan fingerprint density at radius 2 is 1.14 bits per heavy atom. The third-order valence-electron chi connectivity index (χ3n) is 5.91. The molecule has 4 rings (SSSR count). The van der Waals surface area contributed by atoms with Gasteiger partial charge in [-0.25, -0.2) is 0 Å². The first-order chi connectivity index (χ1) is 16.9. The molecule has 176 valence electrons. The van der Waals surface area contributed by atoms with E-state index < -0.39 is 0 Å². The van der Waals surface area contributed by atoms with Gasteiger partial charge in [-0.1, -0.05) is 58.4 Å². The maximum Gasteiger partial charge on any atom is 0.100 e. The first kappa shape index (κ1) is 24.5. The van der Waals surface area contributed by atoms with E-state index in [2.05, 4.69) is 131 Å². The smallest absolute Gasteiger partial charge is 0.100 e. The van der Waals surface area contributed by atoms with Gasteiger partial charge in [0.05, 0.1) is 11.4 Å². The van der Waals surface area contributed by atoms with Crippen molar-refractivity contribution in [3.05, 3.63) is 118 Å². The molecule has 0 radical (unpaired) electrons. The molecule has 35 heavy (non-hydrogen) atoms. The van der Waals surface area contributed by atoms with Crippen LogP contribution in [0.2, 0.25) is 0 Å². The van der Waals surface area contributed by atoms with Crippen LogP contribution in [0.4, 0.5) is 22.7 Å². The molecule has 0 saturated heterocycles. The molecule has 0 aromatic heterocycles. The highest BCUT2D eigenvalue weighted by atomic mass is 79.9. The predicted molar refractivity (Wildman–Crippen MR) is 152 cm³/mol. The van der Waals surface area contributed by atoms with Crippen LogP contribution in [0.5, 0.6) is 0 Å². The molecule has 0 saturated carbocycles. The fourth-order valence-corrected chi connectivity index (χ4v) is 4.23. The molecule has 0 heterocycles. The highest BCUT2D eigenvalue weighted by Gasteiger charge is 2.20. The summed E-state index contributed by atoms with van der Waals surface area (Å²) in [6, 6.07) is 36.4. The van der Waals surface area contributed by atoms with Gasteiger partial charge in [0.15, 0.2) is 0 Å². The molecule has 0 fully saturated rings. The van der Waals surface area contributed by atoms with Crippen molar-refractivity contribution in [3.8, 4) is 0 Å². The minimum absolute atomic E-state index is 0.0249. The summed E-state index contributed by atoms with van der Waals surface area (Å²) in [4.78, 5) is 13.3. The monoisotopic (exact) mass is 524 g/mol. The summed E-state index contributed by atoms with van der Waals surface area (Å²) < 4.78 is 1.02. The fourth-order valence-electron chi connectivity index (χ4n) is 3.97. The number of hydrogen-bond acceptors (Lipinski definition) is 4. The molecule has 4 aromatic rings. The number of para-hydroxylation sites is 1. The van der Waals surface area contributed by atoms with Crippen molar-refractivity contribution in [1.29, 1.82) is 0 Å². The second kappa shape index (κ2) is 11.2. The van der Waals surface area contributed by atoms with E-state index >= 15 is 0 Å². The third-order valence-corrected chi connectivity index (χ3v) is 6.44. The van der Waals surface area contributed by atoms with Crippen molar-refractivity contribution in [2.75, 3.05) is 38.0 Å². The zero-order valence-electron chi connectivity index (χ0n) is 20.5. The summed E-state index contributed by atoms with van der Waals surface area (Å²) in [5.41, 5.74) is 7.53. The van der Waals surface area contributed by atoms with E-state index in [4.69, 9.17) is 0 Å². The van der Waals surface area contributed by atoms with Gasteiger partial charge in [-0.05, 0) is 71.3 Å². The van der Waals surface area contributed by atoms with E-state index in [-0.39, 0.29) is 5.92 Å². The van der Waals surface area contributed by atoms with Gasteiger partial charge in [0.1, 0.15) is 6.01 Å². The normalized spacial score (nSPS) is 10.6. The summed E-state index contributed by atoms with van der Waals surface area (Å²) in [6.45, 7) is 0. The molecule has 0 aliphatic heterocycles. The quantitative estimate of drug-likeness (QED) is 0.181. The van der Waals surface area contributed by atoms with Gasteiger partial charge in [0.25, 0.3) is 0 Å². The van der Waals surface area contributed by atoms with E-state index in [1.165, 1.54) is 22.5 Å². The van der Waals surface area contributed by atoms with Crippen LogP contribution in [-0.2, 0) is 0 Å². The molecule has 5 heteroatoms. The number of nitrogens with zero attached hydrogens (tertiary/aromatic N) is 4. The molecule has 0 unspecified atom stereocenters. The van der Waals surface area contributed by atoms with Crippen LogP contribution in [0, 0.1) is 0 Å². The zero-order valence-corrected chi connectivity index (χ0v) is 22.1. The molecule has 4 nitrogen and oxygen atoms in total. The maximum absolute atomic E-state index is 4.64. The molecule has 0 aliphatic rings. The summed E-state index contributed by atoms with van der Waals surface area (Å²) in [6.07, 6.45) is 0. The molecule has 0 amide bonds. The number of aliphatic imine (C=N–C) groups is 2. The summed E-state index contributed by atoms with van der Waals surface area (Å²) in [5.74, 6) is 0.0249. The van der Waals surface area contributed by atoms with E-state index in [0.29, 0.717) is 0 Å². The zero-order chi connectivity index (χ0) is 24.8. The minimum Gasteiger partial charge on any atom is -0.378 e. The Labute approximate surface area is 216 Å². The summed E-state index contributed by atoms with van der Waals surface area (Å²) in [7, 11) is 8.23. The van der Waals surface area contributed by atoms with E-state index in [0.717, 1.165) is 21.4 Å². The number of rotatable bonds is 7. The van der Waals surface area contributed by atoms with Gasteiger partial charge in [-0.3, -0.25) is 0 Å². The van der Waals surface area contributed by atoms with E-state index in [1.807, 2.05) is 36.4 Å². The lowest BCUT2D eigenvalue weighted by Crippen LogP contribution is -2.10. The molecule has 0 spiro atoms. The lowest BCUT2D eigenvalue weighted by molar-refractivity contribution is 0.972. The lowest BCUT2D eigenvalue weighted by Gasteiger charge is -2.22. The average Bonchev–Trinajstić information content (AvgIpc) is 2.87. The van der Waals surface area contributed by atoms with E-state index in [9.17, 15) is 0 Å². The average molecular weight is 525 g/mol. The van der Waals surface area contributed by atoms with Gasteiger partial charge in [-0.2, -0.15) is 9.98 Å². The van der Waals surface area contributed by atoms with Crippen LogP contribution in [0.25, 0.3) is 0 Å². The fraction of sp³-hybridized carbons (Fsp3) is 0.167. The largest absolute Gasteiger partial charge is 0.378 e. The van der Waals surface area contributed by atoms with Crippen LogP contribution in [-0.4, -0.2) is 34.2 Å². The minimum atomic E-state index is 0.0249. The van der Waals surface area contributed by atoms with Crippen molar-refractivity contribution in [2.24, 2.45) is 9.98 Å². The Kier molecular flexibility index (Phi) is 7.81. The highest BCUT2D eigenvalue weighted by molar-refractivity contribution is 9.10. The van der Waals surface area contributed by atoms with Crippen LogP contribution in [0.15, 0.2) is 112 Å². The molecule has 4 aromatic carbocycles. The molecule has 0 atom stereocenters. The third kappa shape index (κ3) is 6.07. The van der Waals surface area contributed by atoms with Crippen molar-refractivity contribution in [3.63, 3.8) is 0 Å². The second-order valence-electron chi connectivity index (χ2n) is 8.76.